The number of carbonyl (C=O) groups excluding carboxylic acids is 1. The number of hydrogen-bond acceptors (Lipinski definition) is 7. The highest BCUT2D eigenvalue weighted by Gasteiger charge is 2.37. The third-order valence-electron chi connectivity index (χ3n) is 7.84. The molecule has 0 aliphatic rings. The average molecular weight is 625 g/mol. The van der Waals surface area contributed by atoms with Gasteiger partial charge < -0.3 is 15.8 Å². The highest BCUT2D eigenvalue weighted by atomic mass is 32.1. The van der Waals surface area contributed by atoms with Gasteiger partial charge in [0.1, 0.15) is 21.8 Å². The zero-order valence-electron chi connectivity index (χ0n) is 24.3. The molecule has 0 aliphatic heterocycles. The Labute approximate surface area is 268 Å². The van der Waals surface area contributed by atoms with Crippen LogP contribution in [0.1, 0.15) is 27.0 Å². The number of amides is 1. The number of methoxy groups -OCH3 is 1. The molecule has 2 heterocycles. The monoisotopic (exact) mass is 624 g/mol. The van der Waals surface area contributed by atoms with Crippen molar-refractivity contribution >= 4 is 43.9 Å². The Morgan fingerprint density at radius 1 is 0.733 bits per heavy atom. The van der Waals surface area contributed by atoms with Crippen molar-refractivity contribution in [3.05, 3.63) is 155 Å². The van der Waals surface area contributed by atoms with Gasteiger partial charge in [-0.05, 0) is 34.9 Å². The van der Waals surface area contributed by atoms with Crippen LogP contribution >= 0.6 is 22.7 Å². The van der Waals surface area contributed by atoms with E-state index in [2.05, 4.69) is 83.5 Å². The minimum atomic E-state index is -0.690. The summed E-state index contributed by atoms with van der Waals surface area (Å²) in [5.41, 5.74) is 11.9. The van der Waals surface area contributed by atoms with Crippen LogP contribution in [0, 0.1) is 0 Å². The summed E-state index contributed by atoms with van der Waals surface area (Å²) in [6.07, 6.45) is 0. The molecule has 3 N–H and O–H groups in total. The number of rotatable bonds is 9. The van der Waals surface area contributed by atoms with Gasteiger partial charge in [-0.3, -0.25) is 4.79 Å². The number of thiazole rings is 2. The first-order chi connectivity index (χ1) is 22.1. The molecule has 8 heteroatoms. The number of fused-ring (bicyclic) bond motifs is 1. The molecule has 0 saturated carbocycles. The topological polar surface area (TPSA) is 90.1 Å². The molecular formula is C37H28N4O2S2. The maximum Gasteiger partial charge on any atom is 0.249 e. The van der Waals surface area contributed by atoms with Crippen molar-refractivity contribution in [2.24, 2.45) is 5.73 Å². The second-order valence-electron chi connectivity index (χ2n) is 10.4. The molecule has 0 aliphatic carbocycles. The van der Waals surface area contributed by atoms with Crippen molar-refractivity contribution in [2.75, 3.05) is 12.4 Å². The summed E-state index contributed by atoms with van der Waals surface area (Å²) in [4.78, 5) is 22.3. The molecule has 2 aromatic heterocycles. The highest BCUT2D eigenvalue weighted by molar-refractivity contribution is 7.22. The Hall–Kier alpha value is -5.31. The maximum atomic E-state index is 12.2. The quantitative estimate of drug-likeness (QED) is 0.157. The standard InChI is InChI=1S/C37H28N4O2S2/c1-43-31-22-21-29(33-32(31)40-35(45-33)28-20-12-11-19-27(28)34(38)42)30-23-44-36(39-30)41-37(24-13-5-2-6-14-24,25-15-7-3-8-16-25)26-17-9-4-10-18-26/h2-23H,1H3,(H2,38,42)(H,39,41). The third-order valence-corrected chi connectivity index (χ3v) is 9.72. The lowest BCUT2D eigenvalue weighted by Crippen LogP contribution is -2.38. The predicted molar refractivity (Wildman–Crippen MR) is 184 cm³/mol. The van der Waals surface area contributed by atoms with Gasteiger partial charge in [0.2, 0.25) is 5.91 Å². The van der Waals surface area contributed by atoms with E-state index in [4.69, 9.17) is 20.4 Å². The SMILES string of the molecule is COc1ccc(-c2csc(NC(c3ccccc3)(c3ccccc3)c3ccccc3)n2)c2sc(-c3ccccc3C(N)=O)nc12. The van der Waals surface area contributed by atoms with Crippen molar-refractivity contribution in [1.82, 2.24) is 9.97 Å². The van der Waals surface area contributed by atoms with Gasteiger partial charge in [0.15, 0.2) is 5.13 Å². The van der Waals surface area contributed by atoms with E-state index in [-0.39, 0.29) is 0 Å². The van der Waals surface area contributed by atoms with Gasteiger partial charge in [-0.25, -0.2) is 9.97 Å². The lowest BCUT2D eigenvalue weighted by atomic mass is 9.77. The van der Waals surface area contributed by atoms with Crippen LogP contribution < -0.4 is 15.8 Å². The van der Waals surface area contributed by atoms with Crippen LogP contribution in [0.25, 0.3) is 32.0 Å². The van der Waals surface area contributed by atoms with E-state index in [9.17, 15) is 4.79 Å². The van der Waals surface area contributed by atoms with Crippen molar-refractivity contribution in [3.8, 4) is 27.6 Å². The average Bonchev–Trinajstić information content (AvgIpc) is 3.76. The van der Waals surface area contributed by atoms with Crippen LogP contribution in [0.5, 0.6) is 5.75 Å². The molecule has 45 heavy (non-hydrogen) atoms. The van der Waals surface area contributed by atoms with Crippen LogP contribution in [0.4, 0.5) is 5.13 Å². The number of anilines is 1. The van der Waals surface area contributed by atoms with Gasteiger partial charge in [-0.1, -0.05) is 109 Å². The van der Waals surface area contributed by atoms with Gasteiger partial charge in [-0.2, -0.15) is 0 Å². The summed E-state index contributed by atoms with van der Waals surface area (Å²) in [6, 6.07) is 42.6. The molecule has 0 spiro atoms. The van der Waals surface area contributed by atoms with Crippen LogP contribution in [0.15, 0.2) is 133 Å². The molecular weight excluding hydrogens is 597 g/mol. The van der Waals surface area contributed by atoms with E-state index < -0.39 is 11.4 Å². The molecule has 0 fully saturated rings. The van der Waals surface area contributed by atoms with E-state index in [1.807, 2.05) is 42.5 Å². The molecule has 0 bridgehead atoms. The molecule has 7 rings (SSSR count). The summed E-state index contributed by atoms with van der Waals surface area (Å²) in [7, 11) is 1.63. The molecule has 220 valence electrons. The summed E-state index contributed by atoms with van der Waals surface area (Å²) < 4.78 is 6.60. The minimum absolute atomic E-state index is 0.427. The lowest BCUT2D eigenvalue weighted by Gasteiger charge is -2.36. The van der Waals surface area contributed by atoms with E-state index >= 15 is 0 Å². The molecule has 7 aromatic rings. The van der Waals surface area contributed by atoms with Crippen LogP contribution in [0.2, 0.25) is 0 Å². The first kappa shape index (κ1) is 28.5. The Morgan fingerprint density at radius 2 is 1.31 bits per heavy atom. The van der Waals surface area contributed by atoms with E-state index in [0.29, 0.717) is 27.4 Å². The fourth-order valence-electron chi connectivity index (χ4n) is 5.75. The molecule has 0 saturated heterocycles. The molecule has 0 radical (unpaired) electrons. The van der Waals surface area contributed by atoms with Crippen molar-refractivity contribution in [3.63, 3.8) is 0 Å². The molecule has 0 atom stereocenters. The summed E-state index contributed by atoms with van der Waals surface area (Å²) in [5, 5.41) is 7.40. The second-order valence-corrected chi connectivity index (χ2v) is 12.3. The van der Waals surface area contributed by atoms with Crippen LogP contribution in [-0.4, -0.2) is 23.0 Å². The van der Waals surface area contributed by atoms with Gasteiger partial charge in [0.25, 0.3) is 0 Å². The minimum Gasteiger partial charge on any atom is -0.494 e. The largest absolute Gasteiger partial charge is 0.494 e. The zero-order chi connectivity index (χ0) is 30.8. The number of carbonyl (C=O) groups is 1. The Balaban J connectivity index is 1.36. The number of primary amides is 1. The fourth-order valence-corrected chi connectivity index (χ4v) is 7.66. The highest BCUT2D eigenvalue weighted by Crippen LogP contribution is 2.44. The predicted octanol–water partition coefficient (Wildman–Crippen LogP) is 8.60. The summed E-state index contributed by atoms with van der Waals surface area (Å²) in [5.74, 6) is 0.156. The summed E-state index contributed by atoms with van der Waals surface area (Å²) >= 11 is 3.04. The number of nitrogens with one attached hydrogen (secondary N) is 1. The molecule has 1 amide bonds. The number of ether oxygens (including phenoxy) is 1. The first-order valence-corrected chi connectivity index (χ1v) is 16.1. The molecule has 0 unspecified atom stereocenters. The summed E-state index contributed by atoms with van der Waals surface area (Å²) in [6.45, 7) is 0. The van der Waals surface area contributed by atoms with Crippen LogP contribution in [0.3, 0.4) is 0 Å². The maximum absolute atomic E-state index is 12.2. The van der Waals surface area contributed by atoms with Crippen LogP contribution in [-0.2, 0) is 5.54 Å². The zero-order valence-corrected chi connectivity index (χ0v) is 25.9. The lowest BCUT2D eigenvalue weighted by molar-refractivity contribution is 0.100. The van der Waals surface area contributed by atoms with E-state index in [1.54, 1.807) is 30.6 Å². The normalized spacial score (nSPS) is 11.4. The third kappa shape index (κ3) is 5.14. The van der Waals surface area contributed by atoms with Gasteiger partial charge in [0.05, 0.1) is 17.5 Å². The first-order valence-electron chi connectivity index (χ1n) is 14.4. The number of benzene rings is 5. The molecule has 6 nitrogen and oxygen atoms in total. The van der Waals surface area contributed by atoms with E-state index in [0.717, 1.165) is 37.8 Å². The number of nitrogens with zero attached hydrogens (tertiary/aromatic N) is 2. The van der Waals surface area contributed by atoms with Crippen molar-refractivity contribution in [1.29, 1.82) is 0 Å². The number of aromatic nitrogens is 2. The van der Waals surface area contributed by atoms with Gasteiger partial charge in [-0.15, -0.1) is 22.7 Å². The fraction of sp³-hybridized carbons (Fsp3) is 0.0541. The molecule has 5 aromatic carbocycles. The Morgan fingerprint density at radius 3 is 1.89 bits per heavy atom. The Kier molecular flexibility index (Phi) is 7.59. The number of nitrogens with two attached hydrogens (primary N) is 1. The smallest absolute Gasteiger partial charge is 0.249 e. The van der Waals surface area contributed by atoms with E-state index in [1.165, 1.54) is 11.3 Å². The van der Waals surface area contributed by atoms with Gasteiger partial charge in [0, 0.05) is 22.1 Å². The number of hydrogen-bond donors (Lipinski definition) is 2. The Bertz CT molecular complexity index is 2010. The van der Waals surface area contributed by atoms with Crippen molar-refractivity contribution < 1.29 is 9.53 Å². The second kappa shape index (κ2) is 12.0. The van der Waals surface area contributed by atoms with Gasteiger partial charge >= 0.3 is 0 Å². The van der Waals surface area contributed by atoms with Crippen molar-refractivity contribution in [2.45, 2.75) is 5.54 Å².